The maximum atomic E-state index is 11.7. The summed E-state index contributed by atoms with van der Waals surface area (Å²) in [5, 5.41) is 73.1. The fourth-order valence-corrected chi connectivity index (χ4v) is 11.1. The zero-order chi connectivity index (χ0) is 90.7. The Morgan fingerprint density at radius 2 is 0.714 bits per heavy atom. The summed E-state index contributed by atoms with van der Waals surface area (Å²) in [7, 11) is 0. The average Bonchev–Trinajstić information content (AvgIpc) is 1.56. The molecular formula is C86H111Cl3IKN6O29. The number of ether oxygens (including phenoxy) is 10. The van der Waals surface area contributed by atoms with E-state index < -0.39 is 48.1 Å². The van der Waals surface area contributed by atoms with Gasteiger partial charge in [0.15, 0.2) is 28.9 Å². The molecule has 0 spiro atoms. The molecule has 0 unspecified atom stereocenters. The van der Waals surface area contributed by atoms with Crippen LogP contribution in [0, 0.1) is 50.6 Å². The number of carbonyl (C=O) groups excluding carboxylic acids is 7. The van der Waals surface area contributed by atoms with Gasteiger partial charge in [-0.05, 0) is 105 Å². The van der Waals surface area contributed by atoms with Gasteiger partial charge in [0.2, 0.25) is 11.6 Å². The number of ketones is 5. The van der Waals surface area contributed by atoms with Gasteiger partial charge in [-0.15, -0.1) is 24.0 Å². The van der Waals surface area contributed by atoms with E-state index in [1.54, 1.807) is 83.1 Å². The van der Waals surface area contributed by atoms with E-state index in [2.05, 4.69) is 13.2 Å². The van der Waals surface area contributed by atoms with Crippen molar-refractivity contribution >= 4 is 134 Å². The third kappa shape index (κ3) is 38.9. The molecule has 9 rings (SSSR count). The maximum absolute atomic E-state index is 11.7. The fraction of sp³-hybridized carbons (Fsp3) is 0.384. The fourth-order valence-electron chi connectivity index (χ4n) is 10.6. The topological polar surface area (TPSA) is 494 Å². The molecule has 40 heteroatoms. The predicted molar refractivity (Wildman–Crippen MR) is 485 cm³/mol. The minimum atomic E-state index is -1.10. The molecule has 0 bridgehead atoms. The minimum Gasteiger partial charge on any atom is -1.00 e. The monoisotopic (exact) mass is 1960 g/mol. The summed E-state index contributed by atoms with van der Waals surface area (Å²) in [6, 6.07) is 32.6. The number of nitro groups is 5. The molecule has 0 atom stereocenters. The molecule has 0 saturated carbocycles. The Balaban J connectivity index is -0.000000459. The van der Waals surface area contributed by atoms with E-state index in [0.29, 0.717) is 124 Å². The largest absolute Gasteiger partial charge is 1.00 e. The maximum Gasteiger partial charge on any atom is 1.00 e. The number of nitrogens with zero attached hydrogens (tertiary/aromatic N) is 5. The number of esters is 2. The second-order valence-electron chi connectivity index (χ2n) is 25.1. The van der Waals surface area contributed by atoms with Crippen LogP contribution in [0.3, 0.4) is 0 Å². The summed E-state index contributed by atoms with van der Waals surface area (Å²) >= 11 is 17.2. The first-order valence-electron chi connectivity index (χ1n) is 37.4. The number of rotatable bonds is 35. The molecule has 2 aliphatic rings. The molecule has 2 heterocycles. The molecular weight excluding hydrogens is 1850 g/mol. The Bertz CT molecular complexity index is 4830. The van der Waals surface area contributed by atoms with Crippen LogP contribution in [0.4, 0.5) is 34.1 Å². The van der Waals surface area contributed by atoms with Gasteiger partial charge in [-0.3, -0.25) is 74.5 Å². The van der Waals surface area contributed by atoms with E-state index in [4.69, 9.17) is 98.1 Å². The van der Waals surface area contributed by atoms with Crippen LogP contribution in [0.15, 0.2) is 158 Å². The number of carbonyl (C=O) groups is 7. The summed E-state index contributed by atoms with van der Waals surface area (Å²) in [6.07, 6.45) is 2.42. The number of aliphatic hydroxyl groups excluding tert-OH is 2. The standard InChI is InChI=1S/C15H17NO6.C15H19NO4.C13H17NO6.C11H12ClNO4.C11H13NO5.C9H8ClNO3.C9H9ClO.3CH4.HI.K.H2.H/c1-4-14(17)12-9-11(5-6-13(12)16(19)20)21-7-8-22-15(18)10(2)3;1-4-14(17)12-9-11(5-6-13(12)16)19-7-8-20-15(18)10(2)3;1-2-13(19-7-8-20-13)11-9-10(18-6-5-15)3-4-12(11)14(16)17;1-2-11(16-5-6-17-11)9-7-8(12)3-4-10(9)13(14)15;1-2-11(14)9-7-8(17-6-5-13)3-4-10(9)12(15)16;1-2-9(12)7-5-6(10)3-4-8(7)11(13)14;1-2-9(11)7-4-3-5-8(10)6-7;;;;;;;/h5-6,9H,2,4,7-8H2,1,3H3;5-6,9H,2,4,7-8,16H2,1,3H3;3-4,9,15H,2,5-8H2,1H3;3-4,7H,2,5-6H2,1H3;3-4,7,13H,2,5-6H2,1H3;3-5H,2H2,1H3;3-6H,2H2,1H3;3*1H4;1H;;1H;/q;;;;;;;;;;;+1;;-1. The van der Waals surface area contributed by atoms with Crippen molar-refractivity contribution in [1.82, 2.24) is 0 Å². The molecule has 2 aliphatic heterocycles. The van der Waals surface area contributed by atoms with Gasteiger partial charge in [0, 0.05) is 120 Å². The first-order chi connectivity index (χ1) is 57.4. The van der Waals surface area contributed by atoms with Crippen LogP contribution < -0.4 is 76.1 Å². The molecule has 126 heavy (non-hydrogen) atoms. The van der Waals surface area contributed by atoms with Gasteiger partial charge in [-0.1, -0.05) is 131 Å². The van der Waals surface area contributed by atoms with E-state index in [9.17, 15) is 84.1 Å². The zero-order valence-corrected chi connectivity index (χ0v) is 77.0. The molecule has 7 aromatic carbocycles. The number of hydrogen-bond donors (Lipinski definition) is 3. The van der Waals surface area contributed by atoms with Crippen molar-refractivity contribution in [3.63, 3.8) is 0 Å². The Morgan fingerprint density at radius 3 is 1.06 bits per heavy atom. The van der Waals surface area contributed by atoms with Crippen LogP contribution in [-0.2, 0) is 49.6 Å². The molecule has 2 saturated heterocycles. The number of anilines is 1. The van der Waals surface area contributed by atoms with E-state index in [1.807, 2.05) is 20.8 Å². The third-order valence-corrected chi connectivity index (χ3v) is 17.3. The van der Waals surface area contributed by atoms with Crippen molar-refractivity contribution < 1.29 is 170 Å². The van der Waals surface area contributed by atoms with Crippen LogP contribution in [0.5, 0.6) is 23.0 Å². The van der Waals surface area contributed by atoms with Gasteiger partial charge in [-0.2, -0.15) is 0 Å². The van der Waals surface area contributed by atoms with E-state index in [-0.39, 0.29) is 252 Å². The van der Waals surface area contributed by atoms with Gasteiger partial charge in [0.25, 0.3) is 28.4 Å². The second-order valence-corrected chi connectivity index (χ2v) is 26.4. The smallest absolute Gasteiger partial charge is 1.00 e. The van der Waals surface area contributed by atoms with Gasteiger partial charge < -0.3 is 64.7 Å². The van der Waals surface area contributed by atoms with Crippen molar-refractivity contribution in [2.45, 2.75) is 141 Å². The number of nitrogen functional groups attached to an aromatic ring is 1. The molecule has 0 radical (unpaired) electrons. The first-order valence-corrected chi connectivity index (χ1v) is 38.6. The van der Waals surface area contributed by atoms with E-state index >= 15 is 0 Å². The molecule has 0 aliphatic carbocycles. The molecule has 35 nitrogen and oxygen atoms in total. The van der Waals surface area contributed by atoms with Crippen molar-refractivity contribution in [1.29, 1.82) is 0 Å². The number of halogens is 4. The Kier molecular flexibility index (Phi) is 59.7. The molecule has 2 fully saturated rings. The van der Waals surface area contributed by atoms with Gasteiger partial charge in [-0.25, -0.2) is 9.59 Å². The van der Waals surface area contributed by atoms with Crippen LogP contribution >= 0.6 is 58.8 Å². The number of aliphatic hydroxyl groups is 2. The number of benzene rings is 7. The quantitative estimate of drug-likeness (QED) is 0.00382. The predicted octanol–water partition coefficient (Wildman–Crippen LogP) is 16.7. The Morgan fingerprint density at radius 1 is 0.421 bits per heavy atom. The molecule has 0 aromatic heterocycles. The van der Waals surface area contributed by atoms with Crippen molar-refractivity contribution in [2.75, 3.05) is 85.0 Å². The number of hydrogen-bond acceptors (Lipinski definition) is 30. The Hall–Kier alpha value is -9.69. The van der Waals surface area contributed by atoms with E-state index in [0.717, 1.165) is 0 Å². The third-order valence-electron chi connectivity index (χ3n) is 16.6. The van der Waals surface area contributed by atoms with Crippen molar-refractivity contribution in [3.8, 4) is 23.0 Å². The molecule has 0 amide bonds. The Labute approximate surface area is 808 Å². The number of nitro benzene ring substituents is 5. The van der Waals surface area contributed by atoms with Gasteiger partial charge in [0.1, 0.15) is 62.6 Å². The normalized spacial score (nSPS) is 11.8. The molecule has 688 valence electrons. The summed E-state index contributed by atoms with van der Waals surface area (Å²) < 4.78 is 53.1. The summed E-state index contributed by atoms with van der Waals surface area (Å²) in [5.74, 6) is -2.36. The summed E-state index contributed by atoms with van der Waals surface area (Å²) in [6.45, 7) is 24.2. The van der Waals surface area contributed by atoms with Crippen molar-refractivity contribution in [2.24, 2.45) is 0 Å². The molecule has 4 N–H and O–H groups in total. The second kappa shape index (κ2) is 62.5. The van der Waals surface area contributed by atoms with Crippen LogP contribution in [0.25, 0.3) is 0 Å². The van der Waals surface area contributed by atoms with Crippen LogP contribution in [0.1, 0.15) is 195 Å². The average molecular weight is 1970 g/mol. The van der Waals surface area contributed by atoms with E-state index in [1.165, 1.54) is 91.9 Å². The first kappa shape index (κ1) is 120. The van der Waals surface area contributed by atoms with Crippen LogP contribution in [0.2, 0.25) is 15.1 Å². The number of Topliss-reactive ketones (excluding diaryl/α,β-unsaturated/α-hetero) is 5. The number of nitrogens with two attached hydrogens (primary N) is 1. The molecule has 7 aromatic rings. The minimum absolute atomic E-state index is 0. The van der Waals surface area contributed by atoms with Crippen LogP contribution in [-0.4, -0.2) is 155 Å². The van der Waals surface area contributed by atoms with Gasteiger partial charge in [0.05, 0.1) is 92.1 Å². The summed E-state index contributed by atoms with van der Waals surface area (Å²) in [5.41, 5.74) is 8.00. The van der Waals surface area contributed by atoms with Gasteiger partial charge >= 0.3 is 63.3 Å². The summed E-state index contributed by atoms with van der Waals surface area (Å²) in [4.78, 5) is 131. The zero-order valence-electron chi connectivity index (χ0n) is 70.3. The van der Waals surface area contributed by atoms with Crippen molar-refractivity contribution in [3.05, 3.63) is 262 Å². The SMILES string of the molecule is C.C.C.C=C(C)C(=O)OCCOc1ccc(N)c(C(=O)CC)c1.C=C(C)C(=O)OCCOc1ccc([N+](=O)[O-])c(C(=O)CC)c1.CCC(=O)c1cc(Cl)ccc1[N+](=O)[O-].CCC(=O)c1cc(OCCO)ccc1[N+](=O)[O-].CCC(=O)c1cccc(Cl)c1.CCC1(c2cc(Cl)ccc2[N+](=O)[O-])OCCO1.CCC1(c2cc(OCCO)ccc2[N+](=O)[O-])OCCO1.I.[H-].[HH].[K+].